The van der Waals surface area contributed by atoms with Crippen LogP contribution >= 0.6 is 0 Å². The summed E-state index contributed by atoms with van der Waals surface area (Å²) in [5.41, 5.74) is 3.78. The number of carbonyl (C=O) groups excluding carboxylic acids is 1. The molecule has 0 spiro atoms. The van der Waals surface area contributed by atoms with Crippen molar-refractivity contribution < 1.29 is 9.53 Å². The van der Waals surface area contributed by atoms with E-state index >= 15 is 0 Å². The summed E-state index contributed by atoms with van der Waals surface area (Å²) >= 11 is 0. The van der Waals surface area contributed by atoms with Gasteiger partial charge in [0.1, 0.15) is 11.6 Å². The second kappa shape index (κ2) is 8.04. The molecule has 3 rings (SSSR count). The Kier molecular flexibility index (Phi) is 5.56. The van der Waals surface area contributed by atoms with Gasteiger partial charge in [-0.15, -0.1) is 0 Å². The van der Waals surface area contributed by atoms with Crippen LogP contribution in [0.25, 0.3) is 11.0 Å². The van der Waals surface area contributed by atoms with E-state index in [-0.39, 0.29) is 5.91 Å². The number of ether oxygens (including phenoxy) is 1. The highest BCUT2D eigenvalue weighted by molar-refractivity contribution is 5.94. The Morgan fingerprint density at radius 3 is 2.77 bits per heavy atom. The van der Waals surface area contributed by atoms with Gasteiger partial charge >= 0.3 is 0 Å². The van der Waals surface area contributed by atoms with E-state index in [1.54, 1.807) is 6.07 Å². The first-order valence-electron chi connectivity index (χ1n) is 9.03. The number of imidazole rings is 1. The number of benzene rings is 2. The zero-order valence-corrected chi connectivity index (χ0v) is 15.6. The standard InChI is InChI=1S/C21H25N3O2/c1-4-26-20-11-10-17(14-15(20)2)21(25)22-12-7-13-24-16(3)23-18-8-5-6-9-19(18)24/h5-6,8-11,14H,4,7,12-13H2,1-3H3,(H,22,25). The third kappa shape index (κ3) is 3.87. The molecular formula is C21H25N3O2. The molecule has 0 bridgehead atoms. The monoisotopic (exact) mass is 351 g/mol. The van der Waals surface area contributed by atoms with E-state index in [0.29, 0.717) is 18.7 Å². The summed E-state index contributed by atoms with van der Waals surface area (Å²) in [4.78, 5) is 16.9. The fraction of sp³-hybridized carbons (Fsp3) is 0.333. The molecule has 0 aliphatic heterocycles. The molecule has 2 aromatic carbocycles. The predicted octanol–water partition coefficient (Wildman–Crippen LogP) is 3.87. The smallest absolute Gasteiger partial charge is 0.251 e. The van der Waals surface area contributed by atoms with Gasteiger partial charge in [0.25, 0.3) is 5.91 Å². The maximum atomic E-state index is 12.3. The Morgan fingerprint density at radius 2 is 2.00 bits per heavy atom. The number of para-hydroxylation sites is 2. The van der Waals surface area contributed by atoms with Crippen LogP contribution in [0.3, 0.4) is 0 Å². The summed E-state index contributed by atoms with van der Waals surface area (Å²) in [6, 6.07) is 13.7. The quantitative estimate of drug-likeness (QED) is 0.657. The molecular weight excluding hydrogens is 326 g/mol. The molecule has 0 unspecified atom stereocenters. The summed E-state index contributed by atoms with van der Waals surface area (Å²) in [7, 11) is 0. The number of fused-ring (bicyclic) bond motifs is 1. The number of aryl methyl sites for hydroxylation is 3. The molecule has 0 radical (unpaired) electrons. The molecule has 0 aliphatic rings. The number of aromatic nitrogens is 2. The van der Waals surface area contributed by atoms with Gasteiger partial charge < -0.3 is 14.6 Å². The number of hydrogen-bond donors (Lipinski definition) is 1. The lowest BCUT2D eigenvalue weighted by Gasteiger charge is -2.10. The van der Waals surface area contributed by atoms with Gasteiger partial charge in [-0.2, -0.15) is 0 Å². The lowest BCUT2D eigenvalue weighted by molar-refractivity contribution is 0.0952. The Labute approximate surface area is 154 Å². The van der Waals surface area contributed by atoms with Crippen LogP contribution in [0.5, 0.6) is 5.75 Å². The van der Waals surface area contributed by atoms with Gasteiger partial charge in [0.15, 0.2) is 0 Å². The van der Waals surface area contributed by atoms with Gasteiger partial charge in [0, 0.05) is 18.7 Å². The summed E-state index contributed by atoms with van der Waals surface area (Å²) in [5, 5.41) is 2.99. The lowest BCUT2D eigenvalue weighted by atomic mass is 10.1. The second-order valence-corrected chi connectivity index (χ2v) is 6.32. The summed E-state index contributed by atoms with van der Waals surface area (Å²) in [6.45, 7) is 7.99. The van der Waals surface area contributed by atoms with Crippen molar-refractivity contribution in [1.82, 2.24) is 14.9 Å². The zero-order valence-electron chi connectivity index (χ0n) is 15.6. The fourth-order valence-corrected chi connectivity index (χ4v) is 3.13. The Bertz CT molecular complexity index is 915. The van der Waals surface area contributed by atoms with Crippen molar-refractivity contribution in [2.24, 2.45) is 0 Å². The van der Waals surface area contributed by atoms with Crippen LogP contribution in [-0.2, 0) is 6.54 Å². The number of hydrogen-bond acceptors (Lipinski definition) is 3. The van der Waals surface area contributed by atoms with Crippen molar-refractivity contribution in [2.75, 3.05) is 13.2 Å². The molecule has 5 nitrogen and oxygen atoms in total. The lowest BCUT2D eigenvalue weighted by Crippen LogP contribution is -2.25. The Hall–Kier alpha value is -2.82. The predicted molar refractivity (Wildman–Crippen MR) is 104 cm³/mol. The van der Waals surface area contributed by atoms with E-state index < -0.39 is 0 Å². The van der Waals surface area contributed by atoms with Crippen LogP contribution in [0.2, 0.25) is 0 Å². The number of nitrogens with zero attached hydrogens (tertiary/aromatic N) is 2. The molecule has 1 amide bonds. The Balaban J connectivity index is 1.55. The van der Waals surface area contributed by atoms with Crippen LogP contribution in [0.4, 0.5) is 0 Å². The first-order chi connectivity index (χ1) is 12.6. The highest BCUT2D eigenvalue weighted by Crippen LogP contribution is 2.19. The highest BCUT2D eigenvalue weighted by atomic mass is 16.5. The minimum absolute atomic E-state index is 0.0524. The second-order valence-electron chi connectivity index (χ2n) is 6.32. The van der Waals surface area contributed by atoms with E-state index in [4.69, 9.17) is 4.74 Å². The minimum Gasteiger partial charge on any atom is -0.494 e. The minimum atomic E-state index is -0.0524. The average Bonchev–Trinajstić information content (AvgIpc) is 2.95. The average molecular weight is 351 g/mol. The van der Waals surface area contributed by atoms with Gasteiger partial charge in [-0.3, -0.25) is 4.79 Å². The van der Waals surface area contributed by atoms with Crippen molar-refractivity contribution in [3.63, 3.8) is 0 Å². The maximum absolute atomic E-state index is 12.3. The van der Waals surface area contributed by atoms with Gasteiger partial charge in [-0.1, -0.05) is 12.1 Å². The molecule has 1 N–H and O–H groups in total. The van der Waals surface area contributed by atoms with Crippen LogP contribution in [0.15, 0.2) is 42.5 Å². The Morgan fingerprint density at radius 1 is 1.19 bits per heavy atom. The largest absolute Gasteiger partial charge is 0.494 e. The normalized spacial score (nSPS) is 10.9. The van der Waals surface area contributed by atoms with E-state index in [1.807, 2.05) is 51.1 Å². The molecule has 0 atom stereocenters. The molecule has 0 aliphatic carbocycles. The molecule has 136 valence electrons. The first-order valence-corrected chi connectivity index (χ1v) is 9.03. The number of amides is 1. The molecule has 1 heterocycles. The van der Waals surface area contributed by atoms with Gasteiger partial charge in [0.05, 0.1) is 17.6 Å². The molecule has 26 heavy (non-hydrogen) atoms. The third-order valence-corrected chi connectivity index (χ3v) is 4.43. The van der Waals surface area contributed by atoms with Gasteiger partial charge in [0.2, 0.25) is 0 Å². The van der Waals surface area contributed by atoms with Crippen LogP contribution in [0, 0.1) is 13.8 Å². The van der Waals surface area contributed by atoms with Crippen molar-refractivity contribution >= 4 is 16.9 Å². The molecule has 5 heteroatoms. The SMILES string of the molecule is CCOc1ccc(C(=O)NCCCn2c(C)nc3ccccc32)cc1C. The zero-order chi connectivity index (χ0) is 18.5. The molecule has 1 aromatic heterocycles. The van der Waals surface area contributed by atoms with Crippen LogP contribution < -0.4 is 10.1 Å². The third-order valence-electron chi connectivity index (χ3n) is 4.43. The molecule has 0 saturated heterocycles. The number of carbonyl (C=O) groups is 1. The van der Waals surface area contributed by atoms with E-state index in [0.717, 1.165) is 41.1 Å². The van der Waals surface area contributed by atoms with Crippen LogP contribution in [0.1, 0.15) is 35.1 Å². The molecule has 3 aromatic rings. The van der Waals surface area contributed by atoms with Gasteiger partial charge in [-0.25, -0.2) is 4.98 Å². The van der Waals surface area contributed by atoms with Gasteiger partial charge in [-0.05, 0) is 63.1 Å². The maximum Gasteiger partial charge on any atom is 0.251 e. The molecule has 0 fully saturated rings. The van der Waals surface area contributed by atoms with Crippen molar-refractivity contribution in [3.05, 3.63) is 59.4 Å². The summed E-state index contributed by atoms with van der Waals surface area (Å²) < 4.78 is 7.71. The highest BCUT2D eigenvalue weighted by Gasteiger charge is 2.09. The van der Waals surface area contributed by atoms with Crippen molar-refractivity contribution in [1.29, 1.82) is 0 Å². The van der Waals surface area contributed by atoms with Crippen LogP contribution in [-0.4, -0.2) is 28.6 Å². The van der Waals surface area contributed by atoms with Crippen molar-refractivity contribution in [2.45, 2.75) is 33.7 Å². The topological polar surface area (TPSA) is 56.1 Å². The first kappa shape index (κ1) is 18.0. The number of rotatable bonds is 7. The summed E-state index contributed by atoms with van der Waals surface area (Å²) in [6.07, 6.45) is 0.850. The summed E-state index contributed by atoms with van der Waals surface area (Å²) in [5.74, 6) is 1.77. The number of nitrogens with one attached hydrogen (secondary N) is 1. The van der Waals surface area contributed by atoms with Crippen molar-refractivity contribution in [3.8, 4) is 5.75 Å². The van der Waals surface area contributed by atoms with E-state index in [2.05, 4.69) is 20.9 Å². The fourth-order valence-electron chi connectivity index (χ4n) is 3.13. The molecule has 0 saturated carbocycles. The van der Waals surface area contributed by atoms with E-state index in [9.17, 15) is 4.79 Å². The van der Waals surface area contributed by atoms with E-state index in [1.165, 1.54) is 0 Å².